The van der Waals surface area contributed by atoms with Crippen molar-refractivity contribution in [3.8, 4) is 22.8 Å². The van der Waals surface area contributed by atoms with Crippen molar-refractivity contribution in [2.24, 2.45) is 0 Å². The molecule has 2 aliphatic heterocycles. The smallest absolute Gasteiger partial charge is 0.273 e. The Balaban J connectivity index is 1.53. The number of hydrogen-bond donors (Lipinski definition) is 2. The molecule has 1 fully saturated rings. The van der Waals surface area contributed by atoms with Gasteiger partial charge in [-0.2, -0.15) is 5.10 Å². The molecule has 0 aliphatic carbocycles. The number of carbonyl (C=O) groups excluding carboxylic acids is 1. The van der Waals surface area contributed by atoms with Gasteiger partial charge in [0.25, 0.3) is 5.91 Å². The summed E-state index contributed by atoms with van der Waals surface area (Å²) >= 11 is 0. The number of benzene rings is 2. The number of phenolic OH excluding ortho intramolecular Hbond substituents is 1. The van der Waals surface area contributed by atoms with E-state index in [2.05, 4.69) is 17.1 Å². The van der Waals surface area contributed by atoms with Gasteiger partial charge in [0.15, 0.2) is 0 Å². The Kier molecular flexibility index (Phi) is 6.05. The van der Waals surface area contributed by atoms with Crippen LogP contribution < -0.4 is 4.74 Å². The summed E-state index contributed by atoms with van der Waals surface area (Å²) in [6, 6.07) is 14.7. The molecule has 1 saturated heterocycles. The lowest BCUT2D eigenvalue weighted by Crippen LogP contribution is -2.36. The lowest BCUT2D eigenvalue weighted by Gasteiger charge is -2.28. The molecule has 0 radical (unpaired) electrons. The summed E-state index contributed by atoms with van der Waals surface area (Å²) in [5.41, 5.74) is 3.44. The predicted octanol–water partition coefficient (Wildman–Crippen LogP) is 4.69. The Morgan fingerprint density at radius 2 is 2.03 bits per heavy atom. The van der Waals surface area contributed by atoms with Crippen LogP contribution in [0.25, 0.3) is 11.3 Å². The summed E-state index contributed by atoms with van der Waals surface area (Å²) in [6.45, 7) is 4.07. The van der Waals surface area contributed by atoms with Gasteiger partial charge < -0.3 is 19.5 Å². The second kappa shape index (κ2) is 9.27. The van der Waals surface area contributed by atoms with Crippen LogP contribution in [0.3, 0.4) is 0 Å². The van der Waals surface area contributed by atoms with E-state index >= 15 is 0 Å². The minimum Gasteiger partial charge on any atom is -0.507 e. The zero-order valence-electron chi connectivity index (χ0n) is 18.8. The minimum absolute atomic E-state index is 0.0265. The maximum absolute atomic E-state index is 13.5. The van der Waals surface area contributed by atoms with E-state index in [4.69, 9.17) is 9.47 Å². The van der Waals surface area contributed by atoms with Crippen LogP contribution in [-0.4, -0.2) is 52.0 Å². The first-order valence-electron chi connectivity index (χ1n) is 11.7. The number of aromatic amines is 1. The fraction of sp³-hybridized carbons (Fsp3) is 0.385. The van der Waals surface area contributed by atoms with Crippen molar-refractivity contribution < 1.29 is 19.4 Å². The molecule has 1 aromatic heterocycles. The van der Waals surface area contributed by atoms with Gasteiger partial charge in [-0.25, -0.2) is 0 Å². The third-order valence-electron chi connectivity index (χ3n) is 6.41. The van der Waals surface area contributed by atoms with E-state index < -0.39 is 0 Å². The first kappa shape index (κ1) is 21.5. The molecule has 0 spiro atoms. The first-order valence-corrected chi connectivity index (χ1v) is 11.7. The van der Waals surface area contributed by atoms with Crippen LogP contribution in [0.5, 0.6) is 11.5 Å². The van der Waals surface area contributed by atoms with Crippen molar-refractivity contribution in [1.29, 1.82) is 0 Å². The lowest BCUT2D eigenvalue weighted by molar-refractivity contribution is 0.0495. The number of hydrogen-bond acceptors (Lipinski definition) is 5. The van der Waals surface area contributed by atoms with Crippen molar-refractivity contribution in [2.45, 2.75) is 44.8 Å². The SMILES string of the molecule is CCCCOc1ccc(C2c3c(-c4ccccc4O)n[nH]c3C(=O)N2CC2CCCO2)cc1. The largest absolute Gasteiger partial charge is 0.507 e. The van der Waals surface area contributed by atoms with Gasteiger partial charge in [-0.3, -0.25) is 9.89 Å². The van der Waals surface area contributed by atoms with Crippen LogP contribution in [0.1, 0.15) is 60.3 Å². The highest BCUT2D eigenvalue weighted by atomic mass is 16.5. The molecule has 33 heavy (non-hydrogen) atoms. The Labute approximate surface area is 193 Å². The zero-order valence-corrected chi connectivity index (χ0v) is 18.8. The molecule has 3 aromatic rings. The molecular formula is C26H29N3O4. The van der Waals surface area contributed by atoms with E-state index in [0.717, 1.165) is 49.2 Å². The molecule has 5 rings (SSSR count). The fourth-order valence-corrected chi connectivity index (χ4v) is 4.70. The Morgan fingerprint density at radius 3 is 2.76 bits per heavy atom. The predicted molar refractivity (Wildman–Crippen MR) is 124 cm³/mol. The van der Waals surface area contributed by atoms with Crippen LogP contribution in [0.15, 0.2) is 48.5 Å². The van der Waals surface area contributed by atoms with Gasteiger partial charge in [0.2, 0.25) is 0 Å². The van der Waals surface area contributed by atoms with E-state index in [9.17, 15) is 9.90 Å². The maximum atomic E-state index is 13.5. The number of unbranched alkanes of at least 4 members (excludes halogenated alkanes) is 1. The number of aromatic nitrogens is 2. The van der Waals surface area contributed by atoms with Gasteiger partial charge >= 0.3 is 0 Å². The molecule has 172 valence electrons. The van der Waals surface area contributed by atoms with Gasteiger partial charge in [0.05, 0.1) is 18.8 Å². The topological polar surface area (TPSA) is 87.7 Å². The Morgan fingerprint density at radius 1 is 1.21 bits per heavy atom. The van der Waals surface area contributed by atoms with Crippen molar-refractivity contribution in [3.05, 3.63) is 65.4 Å². The third kappa shape index (κ3) is 4.09. The number of carbonyl (C=O) groups is 1. The van der Waals surface area contributed by atoms with Crippen LogP contribution >= 0.6 is 0 Å². The summed E-state index contributed by atoms with van der Waals surface area (Å²) in [4.78, 5) is 15.3. The van der Waals surface area contributed by atoms with Crippen LogP contribution in [0.2, 0.25) is 0 Å². The number of nitrogens with zero attached hydrogens (tertiary/aromatic N) is 2. The van der Waals surface area contributed by atoms with Gasteiger partial charge in [-0.1, -0.05) is 37.6 Å². The second-order valence-electron chi connectivity index (χ2n) is 8.64. The monoisotopic (exact) mass is 447 g/mol. The molecule has 0 saturated carbocycles. The summed E-state index contributed by atoms with van der Waals surface area (Å²) in [5, 5.41) is 17.9. The van der Waals surface area contributed by atoms with E-state index in [-0.39, 0.29) is 23.8 Å². The number of aromatic hydroxyl groups is 1. The van der Waals surface area contributed by atoms with Crippen molar-refractivity contribution in [1.82, 2.24) is 15.1 Å². The van der Waals surface area contributed by atoms with E-state index in [1.165, 1.54) is 0 Å². The summed E-state index contributed by atoms with van der Waals surface area (Å²) in [7, 11) is 0. The highest BCUT2D eigenvalue weighted by Gasteiger charge is 2.43. The molecule has 2 unspecified atom stereocenters. The average molecular weight is 448 g/mol. The summed E-state index contributed by atoms with van der Waals surface area (Å²) < 4.78 is 11.7. The van der Waals surface area contributed by atoms with Gasteiger partial charge in [-0.15, -0.1) is 0 Å². The standard InChI is InChI=1S/C26H29N3O4/c1-2-3-14-32-18-12-10-17(11-13-18)25-22-23(20-8-4-5-9-21(20)30)27-28-24(22)26(31)29(25)16-19-7-6-15-33-19/h4-5,8-13,19,25,30H,2-3,6-7,14-16H2,1H3,(H,27,28). The molecule has 3 heterocycles. The first-order chi connectivity index (χ1) is 16.2. The number of ether oxygens (including phenoxy) is 2. The Bertz CT molecular complexity index is 1120. The number of rotatable bonds is 8. The van der Waals surface area contributed by atoms with Crippen LogP contribution in [0, 0.1) is 0 Å². The molecule has 7 nitrogen and oxygen atoms in total. The number of fused-ring (bicyclic) bond motifs is 1. The van der Waals surface area contributed by atoms with Gasteiger partial charge in [-0.05, 0) is 49.1 Å². The van der Waals surface area contributed by atoms with Gasteiger partial charge in [0.1, 0.15) is 22.9 Å². The lowest BCUT2D eigenvalue weighted by atomic mass is 9.95. The number of H-pyrrole nitrogens is 1. The third-order valence-corrected chi connectivity index (χ3v) is 6.41. The van der Waals surface area contributed by atoms with E-state index in [0.29, 0.717) is 30.1 Å². The van der Waals surface area contributed by atoms with E-state index in [1.54, 1.807) is 12.1 Å². The van der Waals surface area contributed by atoms with Crippen molar-refractivity contribution in [2.75, 3.05) is 19.8 Å². The molecular weight excluding hydrogens is 418 g/mol. The minimum atomic E-state index is -0.324. The Hall–Kier alpha value is -3.32. The summed E-state index contributed by atoms with van der Waals surface area (Å²) in [5.74, 6) is 0.855. The zero-order chi connectivity index (χ0) is 22.8. The van der Waals surface area contributed by atoms with Crippen LogP contribution in [-0.2, 0) is 4.74 Å². The molecule has 2 aromatic carbocycles. The second-order valence-corrected chi connectivity index (χ2v) is 8.64. The summed E-state index contributed by atoms with van der Waals surface area (Å²) in [6.07, 6.45) is 4.07. The highest BCUT2D eigenvalue weighted by molar-refractivity contribution is 6.00. The number of para-hydroxylation sites is 1. The maximum Gasteiger partial charge on any atom is 0.273 e. The fourth-order valence-electron chi connectivity index (χ4n) is 4.70. The molecule has 7 heteroatoms. The number of phenols is 1. The quantitative estimate of drug-likeness (QED) is 0.490. The van der Waals surface area contributed by atoms with Crippen molar-refractivity contribution in [3.63, 3.8) is 0 Å². The van der Waals surface area contributed by atoms with Gasteiger partial charge in [0, 0.05) is 24.3 Å². The number of amides is 1. The molecule has 0 bridgehead atoms. The molecule has 2 aliphatic rings. The molecule has 1 amide bonds. The van der Waals surface area contributed by atoms with Crippen LogP contribution in [0.4, 0.5) is 0 Å². The highest BCUT2D eigenvalue weighted by Crippen LogP contribution is 2.45. The average Bonchev–Trinajstić information content (AvgIpc) is 3.55. The van der Waals surface area contributed by atoms with Crippen molar-refractivity contribution >= 4 is 5.91 Å². The van der Waals surface area contributed by atoms with E-state index in [1.807, 2.05) is 41.3 Å². The number of nitrogens with one attached hydrogen (secondary N) is 1. The molecule has 2 atom stereocenters. The normalized spacial score (nSPS) is 19.8. The molecule has 2 N–H and O–H groups in total.